The van der Waals surface area contributed by atoms with Crippen molar-refractivity contribution < 1.29 is 4.74 Å². The second kappa shape index (κ2) is 9.10. The molecule has 1 aromatic heterocycles. The van der Waals surface area contributed by atoms with E-state index in [9.17, 15) is 0 Å². The minimum absolute atomic E-state index is 0.670. The van der Waals surface area contributed by atoms with Crippen molar-refractivity contribution in [3.63, 3.8) is 0 Å². The minimum atomic E-state index is 0.670. The number of nitrogens with zero attached hydrogens (tertiary/aromatic N) is 1. The molecule has 4 nitrogen and oxygen atoms in total. The molecule has 0 fully saturated rings. The number of benzene rings is 1. The highest BCUT2D eigenvalue weighted by atomic mass is 32.1. The van der Waals surface area contributed by atoms with Gasteiger partial charge in [-0.25, -0.2) is 4.99 Å². The lowest BCUT2D eigenvalue weighted by Gasteiger charge is -2.14. The summed E-state index contributed by atoms with van der Waals surface area (Å²) in [5.74, 6) is 1.74. The lowest BCUT2D eigenvalue weighted by atomic mass is 10.2. The minimum Gasteiger partial charge on any atom is -0.494 e. The first-order chi connectivity index (χ1) is 10.8. The van der Waals surface area contributed by atoms with E-state index < -0.39 is 0 Å². The molecular weight excluding hydrogens is 294 g/mol. The summed E-state index contributed by atoms with van der Waals surface area (Å²) in [6.45, 7) is 6.94. The van der Waals surface area contributed by atoms with Gasteiger partial charge in [-0.05, 0) is 42.3 Å². The molecule has 0 bridgehead atoms. The summed E-state index contributed by atoms with van der Waals surface area (Å²) in [5, 5.41) is 10.8. The van der Waals surface area contributed by atoms with E-state index >= 15 is 0 Å². The molecule has 2 rings (SSSR count). The summed E-state index contributed by atoms with van der Waals surface area (Å²) in [5.41, 5.74) is 2.36. The second-order valence-electron chi connectivity index (χ2n) is 4.72. The molecule has 0 aliphatic heterocycles. The molecule has 0 saturated heterocycles. The molecule has 0 aliphatic carbocycles. The van der Waals surface area contributed by atoms with Crippen molar-refractivity contribution >= 4 is 17.3 Å². The third-order valence-electron chi connectivity index (χ3n) is 3.06. The predicted octanol–water partition coefficient (Wildman–Crippen LogP) is 3.40. The van der Waals surface area contributed by atoms with Crippen molar-refractivity contribution in [2.75, 3.05) is 13.2 Å². The zero-order valence-electron chi connectivity index (χ0n) is 13.1. The molecule has 2 N–H and O–H groups in total. The maximum atomic E-state index is 5.65. The van der Waals surface area contributed by atoms with Crippen molar-refractivity contribution in [1.82, 2.24) is 10.6 Å². The normalized spacial score (nSPS) is 11.3. The Balaban J connectivity index is 1.98. The Morgan fingerprint density at radius 1 is 1.18 bits per heavy atom. The second-order valence-corrected chi connectivity index (χ2v) is 5.50. The van der Waals surface area contributed by atoms with Crippen molar-refractivity contribution in [2.24, 2.45) is 4.99 Å². The Hall–Kier alpha value is -2.01. The third kappa shape index (κ3) is 5.07. The third-order valence-corrected chi connectivity index (χ3v) is 3.79. The van der Waals surface area contributed by atoms with Gasteiger partial charge in [-0.15, -0.1) is 0 Å². The molecule has 0 saturated carbocycles. The summed E-state index contributed by atoms with van der Waals surface area (Å²) >= 11 is 1.70. The maximum absolute atomic E-state index is 5.65. The Kier molecular flexibility index (Phi) is 6.77. The number of hydrogen-bond acceptors (Lipinski definition) is 3. The smallest absolute Gasteiger partial charge is 0.191 e. The van der Waals surface area contributed by atoms with Crippen LogP contribution in [0.5, 0.6) is 5.75 Å². The standard InChI is InChI=1S/C17H23N3OS/c1-3-18-17(19-11-14-9-10-22-13-14)20-12-15-7-5-6-8-16(15)21-4-2/h5-10,13H,3-4,11-12H2,1-2H3,(H2,18,19,20). The molecule has 1 heterocycles. The van der Waals surface area contributed by atoms with Crippen LogP contribution in [0, 0.1) is 0 Å². The predicted molar refractivity (Wildman–Crippen MR) is 93.6 cm³/mol. The molecule has 5 heteroatoms. The van der Waals surface area contributed by atoms with E-state index in [1.807, 2.05) is 25.1 Å². The average molecular weight is 317 g/mol. The SMILES string of the molecule is CCNC(=NCc1ccsc1)NCc1ccccc1OCC. The summed E-state index contributed by atoms with van der Waals surface area (Å²) in [6, 6.07) is 10.2. The Morgan fingerprint density at radius 2 is 2.05 bits per heavy atom. The van der Waals surface area contributed by atoms with Gasteiger partial charge in [0.15, 0.2) is 5.96 Å². The topological polar surface area (TPSA) is 45.7 Å². The average Bonchev–Trinajstić information content (AvgIpc) is 3.05. The van der Waals surface area contributed by atoms with Gasteiger partial charge in [-0.1, -0.05) is 18.2 Å². The summed E-state index contributed by atoms with van der Waals surface area (Å²) in [7, 11) is 0. The fraction of sp³-hybridized carbons (Fsp3) is 0.353. The van der Waals surface area contributed by atoms with E-state index in [1.165, 1.54) is 5.56 Å². The number of rotatable bonds is 7. The van der Waals surface area contributed by atoms with Crippen LogP contribution < -0.4 is 15.4 Å². The molecule has 0 radical (unpaired) electrons. The fourth-order valence-corrected chi connectivity index (χ4v) is 2.68. The van der Waals surface area contributed by atoms with Gasteiger partial charge >= 0.3 is 0 Å². The zero-order chi connectivity index (χ0) is 15.6. The molecule has 22 heavy (non-hydrogen) atoms. The van der Waals surface area contributed by atoms with Crippen LogP contribution in [0.3, 0.4) is 0 Å². The summed E-state index contributed by atoms with van der Waals surface area (Å²) < 4.78 is 5.65. The monoisotopic (exact) mass is 317 g/mol. The van der Waals surface area contributed by atoms with Crippen LogP contribution >= 0.6 is 11.3 Å². The van der Waals surface area contributed by atoms with Gasteiger partial charge in [0.1, 0.15) is 5.75 Å². The molecule has 0 aliphatic rings. The van der Waals surface area contributed by atoms with Gasteiger partial charge in [-0.2, -0.15) is 11.3 Å². The van der Waals surface area contributed by atoms with Crippen molar-refractivity contribution in [3.05, 3.63) is 52.2 Å². The van der Waals surface area contributed by atoms with Crippen LogP contribution in [0.4, 0.5) is 0 Å². The molecule has 118 valence electrons. The van der Waals surface area contributed by atoms with E-state index in [-0.39, 0.29) is 0 Å². The highest BCUT2D eigenvalue weighted by molar-refractivity contribution is 7.07. The highest BCUT2D eigenvalue weighted by Crippen LogP contribution is 2.17. The van der Waals surface area contributed by atoms with Gasteiger partial charge in [0.2, 0.25) is 0 Å². The number of guanidine groups is 1. The lowest BCUT2D eigenvalue weighted by molar-refractivity contribution is 0.336. The van der Waals surface area contributed by atoms with E-state index in [1.54, 1.807) is 11.3 Å². The van der Waals surface area contributed by atoms with Crippen LogP contribution in [-0.2, 0) is 13.1 Å². The van der Waals surface area contributed by atoms with Crippen molar-refractivity contribution in [2.45, 2.75) is 26.9 Å². The number of ether oxygens (including phenoxy) is 1. The summed E-state index contributed by atoms with van der Waals surface area (Å²) in [4.78, 5) is 4.61. The number of nitrogens with one attached hydrogen (secondary N) is 2. The lowest BCUT2D eigenvalue weighted by Crippen LogP contribution is -2.36. The van der Waals surface area contributed by atoms with Crippen LogP contribution in [-0.4, -0.2) is 19.1 Å². The van der Waals surface area contributed by atoms with E-state index in [0.717, 1.165) is 23.8 Å². The van der Waals surface area contributed by atoms with E-state index in [2.05, 4.69) is 45.4 Å². The van der Waals surface area contributed by atoms with Gasteiger partial charge < -0.3 is 15.4 Å². The molecule has 0 unspecified atom stereocenters. The number of hydrogen-bond donors (Lipinski definition) is 2. The molecule has 0 amide bonds. The van der Waals surface area contributed by atoms with Crippen LogP contribution in [0.2, 0.25) is 0 Å². The fourth-order valence-electron chi connectivity index (χ4n) is 2.02. The Bertz CT molecular complexity index is 581. The Morgan fingerprint density at radius 3 is 2.77 bits per heavy atom. The van der Waals surface area contributed by atoms with Gasteiger partial charge in [0, 0.05) is 18.7 Å². The molecular formula is C17H23N3OS. The first-order valence-electron chi connectivity index (χ1n) is 7.57. The zero-order valence-corrected chi connectivity index (χ0v) is 14.0. The van der Waals surface area contributed by atoms with Gasteiger partial charge in [0.25, 0.3) is 0 Å². The van der Waals surface area contributed by atoms with Crippen molar-refractivity contribution in [3.8, 4) is 5.75 Å². The molecule has 1 aromatic carbocycles. The largest absolute Gasteiger partial charge is 0.494 e. The van der Waals surface area contributed by atoms with Crippen LogP contribution in [0.25, 0.3) is 0 Å². The van der Waals surface area contributed by atoms with E-state index in [4.69, 9.17) is 4.74 Å². The summed E-state index contributed by atoms with van der Waals surface area (Å²) in [6.07, 6.45) is 0. The van der Waals surface area contributed by atoms with Crippen LogP contribution in [0.15, 0.2) is 46.1 Å². The van der Waals surface area contributed by atoms with E-state index in [0.29, 0.717) is 19.7 Å². The van der Waals surface area contributed by atoms with Crippen molar-refractivity contribution in [1.29, 1.82) is 0 Å². The Labute approximate surface area is 136 Å². The number of para-hydroxylation sites is 1. The van der Waals surface area contributed by atoms with Gasteiger partial charge in [0.05, 0.1) is 13.2 Å². The first kappa shape index (κ1) is 16.4. The molecule has 0 atom stereocenters. The first-order valence-corrected chi connectivity index (χ1v) is 8.51. The maximum Gasteiger partial charge on any atom is 0.191 e. The number of thiophene rings is 1. The quantitative estimate of drug-likeness (QED) is 0.608. The number of aliphatic imine (C=N–C) groups is 1. The van der Waals surface area contributed by atoms with Crippen LogP contribution in [0.1, 0.15) is 25.0 Å². The molecule has 2 aromatic rings. The van der Waals surface area contributed by atoms with Gasteiger partial charge in [-0.3, -0.25) is 0 Å². The molecule has 0 spiro atoms. The highest BCUT2D eigenvalue weighted by Gasteiger charge is 2.04.